The average Bonchev–Trinajstić information content (AvgIpc) is 2.48. The van der Waals surface area contributed by atoms with Gasteiger partial charge in [0.25, 0.3) is 0 Å². The summed E-state index contributed by atoms with van der Waals surface area (Å²) < 4.78 is 5.79. The Balaban J connectivity index is 2.07. The fourth-order valence-electron chi connectivity index (χ4n) is 2.65. The molecule has 1 aliphatic heterocycles. The molecule has 4 heteroatoms. The molecule has 110 valence electrons. The molecule has 1 aromatic rings. The lowest BCUT2D eigenvalue weighted by atomic mass is 10.0. The van der Waals surface area contributed by atoms with Gasteiger partial charge in [-0.1, -0.05) is 37.6 Å². The first-order valence-corrected chi connectivity index (χ1v) is 7.69. The number of rotatable bonds is 4. The lowest BCUT2D eigenvalue weighted by Gasteiger charge is -2.35. The van der Waals surface area contributed by atoms with E-state index in [-0.39, 0.29) is 17.9 Å². The SMILES string of the molecule is CCC(CC)C(=O)N1CCOC(c2cccc(Cl)c2)C1. The molecule has 1 heterocycles. The van der Waals surface area contributed by atoms with Crippen LogP contribution in [0.5, 0.6) is 0 Å². The molecule has 2 rings (SSSR count). The van der Waals surface area contributed by atoms with Crippen molar-refractivity contribution in [2.45, 2.75) is 32.8 Å². The van der Waals surface area contributed by atoms with Gasteiger partial charge in [-0.05, 0) is 30.5 Å². The number of hydrogen-bond donors (Lipinski definition) is 0. The van der Waals surface area contributed by atoms with E-state index >= 15 is 0 Å². The highest BCUT2D eigenvalue weighted by molar-refractivity contribution is 6.30. The maximum atomic E-state index is 12.4. The number of nitrogens with zero attached hydrogens (tertiary/aromatic N) is 1. The van der Waals surface area contributed by atoms with Gasteiger partial charge in [0.05, 0.1) is 13.2 Å². The molecule has 0 N–H and O–H groups in total. The Bertz CT molecular complexity index is 460. The quantitative estimate of drug-likeness (QED) is 0.848. The third-order valence-electron chi connectivity index (χ3n) is 3.93. The first-order chi connectivity index (χ1) is 9.65. The molecule has 3 nitrogen and oxygen atoms in total. The van der Waals surface area contributed by atoms with Gasteiger partial charge in [-0.2, -0.15) is 0 Å². The topological polar surface area (TPSA) is 29.5 Å². The second-order valence-electron chi connectivity index (χ2n) is 5.21. The number of hydrogen-bond acceptors (Lipinski definition) is 2. The number of carbonyl (C=O) groups excluding carboxylic acids is 1. The summed E-state index contributed by atoms with van der Waals surface area (Å²) in [4.78, 5) is 14.4. The van der Waals surface area contributed by atoms with E-state index < -0.39 is 0 Å². The van der Waals surface area contributed by atoms with Crippen LogP contribution in [0.3, 0.4) is 0 Å². The van der Waals surface area contributed by atoms with Crippen LogP contribution in [0.25, 0.3) is 0 Å². The molecule has 20 heavy (non-hydrogen) atoms. The van der Waals surface area contributed by atoms with Gasteiger partial charge in [-0.3, -0.25) is 4.79 Å². The maximum absolute atomic E-state index is 12.4. The van der Waals surface area contributed by atoms with Crippen LogP contribution in [0, 0.1) is 5.92 Å². The number of benzene rings is 1. The number of halogens is 1. The van der Waals surface area contributed by atoms with Crippen LogP contribution in [-0.2, 0) is 9.53 Å². The van der Waals surface area contributed by atoms with E-state index in [2.05, 4.69) is 13.8 Å². The van der Waals surface area contributed by atoms with Crippen LogP contribution in [-0.4, -0.2) is 30.5 Å². The fourth-order valence-corrected chi connectivity index (χ4v) is 2.85. The summed E-state index contributed by atoms with van der Waals surface area (Å²) >= 11 is 6.02. The first kappa shape index (κ1) is 15.3. The van der Waals surface area contributed by atoms with Gasteiger partial charge in [0.15, 0.2) is 0 Å². The smallest absolute Gasteiger partial charge is 0.225 e. The molecule has 0 spiro atoms. The third-order valence-corrected chi connectivity index (χ3v) is 4.17. The molecule has 0 aromatic heterocycles. The zero-order valence-electron chi connectivity index (χ0n) is 12.1. The average molecular weight is 296 g/mol. The predicted molar refractivity (Wildman–Crippen MR) is 80.8 cm³/mol. The third kappa shape index (κ3) is 3.53. The fraction of sp³-hybridized carbons (Fsp3) is 0.562. The predicted octanol–water partition coefficient (Wildman–Crippen LogP) is 3.68. The molecule has 1 amide bonds. The minimum absolute atomic E-state index is 0.0687. The molecule has 1 fully saturated rings. The van der Waals surface area contributed by atoms with Crippen molar-refractivity contribution in [3.8, 4) is 0 Å². The summed E-state index contributed by atoms with van der Waals surface area (Å²) in [6.07, 6.45) is 1.73. The lowest BCUT2D eigenvalue weighted by Crippen LogP contribution is -2.44. The molecule has 0 saturated carbocycles. The van der Waals surface area contributed by atoms with Crippen molar-refractivity contribution in [1.82, 2.24) is 4.90 Å². The van der Waals surface area contributed by atoms with Gasteiger partial charge in [-0.25, -0.2) is 0 Å². The van der Waals surface area contributed by atoms with Crippen molar-refractivity contribution in [1.29, 1.82) is 0 Å². The second kappa shape index (κ2) is 7.09. The standard InChI is InChI=1S/C16H22ClNO2/c1-3-12(4-2)16(19)18-8-9-20-15(11-18)13-6-5-7-14(17)10-13/h5-7,10,12,15H,3-4,8-9,11H2,1-2H3. The summed E-state index contributed by atoms with van der Waals surface area (Å²) in [5, 5.41) is 0.703. The van der Waals surface area contributed by atoms with Crippen molar-refractivity contribution in [3.63, 3.8) is 0 Å². The van der Waals surface area contributed by atoms with Crippen molar-refractivity contribution >= 4 is 17.5 Å². The number of carbonyl (C=O) groups is 1. The van der Waals surface area contributed by atoms with Crippen molar-refractivity contribution in [3.05, 3.63) is 34.9 Å². The zero-order chi connectivity index (χ0) is 14.5. The summed E-state index contributed by atoms with van der Waals surface area (Å²) in [6, 6.07) is 7.68. The van der Waals surface area contributed by atoms with Gasteiger partial charge in [0, 0.05) is 17.5 Å². The van der Waals surface area contributed by atoms with E-state index in [0.29, 0.717) is 24.7 Å². The molecule has 1 saturated heterocycles. The number of ether oxygens (including phenoxy) is 1. The highest BCUT2D eigenvalue weighted by Gasteiger charge is 2.28. The molecule has 0 radical (unpaired) electrons. The summed E-state index contributed by atoms with van der Waals surface area (Å²) in [5.74, 6) is 0.387. The molecule has 1 unspecified atom stereocenters. The number of amides is 1. The van der Waals surface area contributed by atoms with E-state index in [1.807, 2.05) is 29.2 Å². The van der Waals surface area contributed by atoms with Crippen LogP contribution in [0.2, 0.25) is 5.02 Å². The Hall–Kier alpha value is -1.06. The van der Waals surface area contributed by atoms with Crippen molar-refractivity contribution in [2.75, 3.05) is 19.7 Å². The van der Waals surface area contributed by atoms with Gasteiger partial charge in [0.2, 0.25) is 5.91 Å². The monoisotopic (exact) mass is 295 g/mol. The summed E-state index contributed by atoms with van der Waals surface area (Å²) in [7, 11) is 0. The molecule has 1 aromatic carbocycles. The Morgan fingerprint density at radius 3 is 2.85 bits per heavy atom. The van der Waals surface area contributed by atoms with Crippen molar-refractivity contribution in [2.24, 2.45) is 5.92 Å². The van der Waals surface area contributed by atoms with E-state index in [4.69, 9.17) is 16.3 Å². The Labute approximate surface area is 125 Å². The molecule has 0 aliphatic carbocycles. The Morgan fingerprint density at radius 1 is 1.45 bits per heavy atom. The van der Waals surface area contributed by atoms with E-state index in [1.165, 1.54) is 0 Å². The maximum Gasteiger partial charge on any atom is 0.225 e. The van der Waals surface area contributed by atoms with E-state index in [0.717, 1.165) is 18.4 Å². The van der Waals surface area contributed by atoms with E-state index in [1.54, 1.807) is 0 Å². The Kier molecular flexibility index (Phi) is 5.44. The number of morpholine rings is 1. The summed E-state index contributed by atoms with van der Waals surface area (Å²) in [5.41, 5.74) is 1.04. The molecule has 0 bridgehead atoms. The van der Waals surface area contributed by atoms with Gasteiger partial charge >= 0.3 is 0 Å². The minimum atomic E-state index is -0.0687. The van der Waals surface area contributed by atoms with E-state index in [9.17, 15) is 4.79 Å². The normalized spacial score (nSPS) is 19.4. The van der Waals surface area contributed by atoms with Gasteiger partial charge in [-0.15, -0.1) is 0 Å². The van der Waals surface area contributed by atoms with Crippen LogP contribution in [0.15, 0.2) is 24.3 Å². The highest BCUT2D eigenvalue weighted by atomic mass is 35.5. The van der Waals surface area contributed by atoms with Crippen LogP contribution in [0.1, 0.15) is 38.4 Å². The zero-order valence-corrected chi connectivity index (χ0v) is 12.9. The van der Waals surface area contributed by atoms with Gasteiger partial charge < -0.3 is 9.64 Å². The largest absolute Gasteiger partial charge is 0.370 e. The molecular weight excluding hydrogens is 274 g/mol. The summed E-state index contributed by atoms with van der Waals surface area (Å²) in [6.45, 7) is 6.03. The molecule has 1 aliphatic rings. The van der Waals surface area contributed by atoms with Crippen LogP contribution >= 0.6 is 11.6 Å². The Morgan fingerprint density at radius 2 is 2.20 bits per heavy atom. The lowest BCUT2D eigenvalue weighted by molar-refractivity contribution is -0.143. The highest BCUT2D eigenvalue weighted by Crippen LogP contribution is 2.26. The van der Waals surface area contributed by atoms with Crippen molar-refractivity contribution < 1.29 is 9.53 Å². The second-order valence-corrected chi connectivity index (χ2v) is 5.65. The molecular formula is C16H22ClNO2. The van der Waals surface area contributed by atoms with Crippen LogP contribution < -0.4 is 0 Å². The van der Waals surface area contributed by atoms with Crippen LogP contribution in [0.4, 0.5) is 0 Å². The molecule has 1 atom stereocenters. The minimum Gasteiger partial charge on any atom is -0.370 e. The first-order valence-electron chi connectivity index (χ1n) is 7.31. The van der Waals surface area contributed by atoms with Gasteiger partial charge in [0.1, 0.15) is 6.10 Å².